The van der Waals surface area contributed by atoms with E-state index in [0.717, 1.165) is 44.3 Å². The van der Waals surface area contributed by atoms with Gasteiger partial charge < -0.3 is 19.8 Å². The van der Waals surface area contributed by atoms with Crippen molar-refractivity contribution >= 4 is 27.6 Å². The van der Waals surface area contributed by atoms with Crippen molar-refractivity contribution in [3.63, 3.8) is 0 Å². The molecule has 1 heterocycles. The maximum Gasteiger partial charge on any atom is 0.354 e. The summed E-state index contributed by atoms with van der Waals surface area (Å²) in [5.41, 5.74) is 9.43. The van der Waals surface area contributed by atoms with Gasteiger partial charge in [-0.15, -0.1) is 0 Å². The van der Waals surface area contributed by atoms with Crippen molar-refractivity contribution in [3.8, 4) is 11.5 Å². The van der Waals surface area contributed by atoms with Crippen LogP contribution in [0.3, 0.4) is 0 Å². The van der Waals surface area contributed by atoms with Crippen molar-refractivity contribution in [2.45, 2.75) is 20.0 Å². The standard InChI is InChI=1S/C29H26N2O3/c1-2-33-29(32)28-17-22-13-12-20(18-30)14-27(22)31(28)19-23-16-25(34-24-9-4-3-5-10-24)15-21-8-6-7-11-26(21)23/h3-17H,2,18-19,30H2,1H3. The van der Waals surface area contributed by atoms with Gasteiger partial charge in [-0.05, 0) is 65.2 Å². The fourth-order valence-corrected chi connectivity index (χ4v) is 4.32. The third kappa shape index (κ3) is 4.26. The second-order valence-corrected chi connectivity index (χ2v) is 8.15. The zero-order valence-electron chi connectivity index (χ0n) is 19.0. The summed E-state index contributed by atoms with van der Waals surface area (Å²) in [4.78, 5) is 12.9. The summed E-state index contributed by atoms with van der Waals surface area (Å²) >= 11 is 0. The van der Waals surface area contributed by atoms with Crippen molar-refractivity contribution in [2.24, 2.45) is 5.73 Å². The first-order valence-corrected chi connectivity index (χ1v) is 11.4. The van der Waals surface area contributed by atoms with Gasteiger partial charge in [0.15, 0.2) is 0 Å². The Kier molecular flexibility index (Phi) is 6.02. The molecule has 0 saturated heterocycles. The first-order chi connectivity index (χ1) is 16.7. The van der Waals surface area contributed by atoms with Crippen LogP contribution in [0.4, 0.5) is 0 Å². The lowest BCUT2D eigenvalue weighted by molar-refractivity contribution is 0.0515. The fraction of sp³-hybridized carbons (Fsp3) is 0.138. The molecule has 0 saturated carbocycles. The Balaban J connectivity index is 1.65. The molecule has 0 radical (unpaired) electrons. The van der Waals surface area contributed by atoms with Gasteiger partial charge in [-0.25, -0.2) is 4.79 Å². The first-order valence-electron chi connectivity index (χ1n) is 11.4. The first kappa shape index (κ1) is 21.7. The number of nitrogens with two attached hydrogens (primary N) is 1. The van der Waals surface area contributed by atoms with Crippen LogP contribution in [0.15, 0.2) is 91.0 Å². The number of para-hydroxylation sites is 1. The number of aromatic nitrogens is 1. The molecule has 0 unspecified atom stereocenters. The number of nitrogens with zero attached hydrogens (tertiary/aromatic N) is 1. The van der Waals surface area contributed by atoms with Crippen LogP contribution in [0, 0.1) is 0 Å². The highest BCUT2D eigenvalue weighted by atomic mass is 16.5. The van der Waals surface area contributed by atoms with E-state index < -0.39 is 0 Å². The normalized spacial score (nSPS) is 11.1. The molecule has 0 bridgehead atoms. The average molecular weight is 451 g/mol. The lowest BCUT2D eigenvalue weighted by Crippen LogP contribution is -2.13. The highest BCUT2D eigenvalue weighted by Crippen LogP contribution is 2.31. The maximum atomic E-state index is 12.9. The Hall–Kier alpha value is -4.09. The van der Waals surface area contributed by atoms with E-state index in [9.17, 15) is 4.79 Å². The molecule has 0 spiro atoms. The van der Waals surface area contributed by atoms with E-state index in [-0.39, 0.29) is 5.97 Å². The Bertz CT molecular complexity index is 1470. The molecule has 1 aromatic heterocycles. The molecule has 0 aliphatic heterocycles. The molecule has 5 heteroatoms. The van der Waals surface area contributed by atoms with Crippen LogP contribution in [0.2, 0.25) is 0 Å². The number of carbonyl (C=O) groups excluding carboxylic acids is 1. The Morgan fingerprint density at radius 3 is 2.44 bits per heavy atom. The van der Waals surface area contributed by atoms with E-state index in [2.05, 4.69) is 12.1 Å². The molecule has 5 rings (SSSR count). The van der Waals surface area contributed by atoms with E-state index in [1.165, 1.54) is 0 Å². The van der Waals surface area contributed by atoms with Crippen molar-refractivity contribution in [2.75, 3.05) is 6.61 Å². The third-order valence-electron chi connectivity index (χ3n) is 5.92. The molecule has 2 N–H and O–H groups in total. The lowest BCUT2D eigenvalue weighted by Gasteiger charge is -2.15. The molecule has 0 amide bonds. The molecule has 34 heavy (non-hydrogen) atoms. The van der Waals surface area contributed by atoms with Crippen molar-refractivity contribution in [1.29, 1.82) is 0 Å². The van der Waals surface area contributed by atoms with Crippen LogP contribution in [0.5, 0.6) is 11.5 Å². The van der Waals surface area contributed by atoms with Gasteiger partial charge in [0.25, 0.3) is 0 Å². The van der Waals surface area contributed by atoms with Gasteiger partial charge in [0.1, 0.15) is 17.2 Å². The van der Waals surface area contributed by atoms with E-state index in [1.54, 1.807) is 0 Å². The van der Waals surface area contributed by atoms with Crippen LogP contribution in [0.1, 0.15) is 28.5 Å². The number of rotatable bonds is 7. The summed E-state index contributed by atoms with van der Waals surface area (Å²) in [6, 6.07) is 29.9. The van der Waals surface area contributed by atoms with E-state index in [1.807, 2.05) is 90.4 Å². The predicted octanol–water partition coefficient (Wildman–Crippen LogP) is 6.27. The van der Waals surface area contributed by atoms with Gasteiger partial charge in [-0.3, -0.25) is 0 Å². The van der Waals surface area contributed by atoms with Crippen LogP contribution < -0.4 is 10.5 Å². The molecule has 170 valence electrons. The fourth-order valence-electron chi connectivity index (χ4n) is 4.32. The SMILES string of the molecule is CCOC(=O)c1cc2ccc(CN)cc2n1Cc1cc(Oc2ccccc2)cc2ccccc12. The summed E-state index contributed by atoms with van der Waals surface area (Å²) in [6.45, 7) is 3.05. The molecule has 5 nitrogen and oxygen atoms in total. The number of benzene rings is 4. The molecule has 0 fully saturated rings. The molecular formula is C29H26N2O3. The maximum absolute atomic E-state index is 12.9. The number of carbonyl (C=O) groups is 1. The molecule has 0 aliphatic rings. The summed E-state index contributed by atoms with van der Waals surface area (Å²) in [7, 11) is 0. The Labute approximate surface area is 198 Å². The minimum atomic E-state index is -0.339. The second-order valence-electron chi connectivity index (χ2n) is 8.15. The van der Waals surface area contributed by atoms with Gasteiger partial charge in [-0.1, -0.05) is 54.6 Å². The van der Waals surface area contributed by atoms with Crippen LogP contribution in [-0.4, -0.2) is 17.1 Å². The number of esters is 1. The third-order valence-corrected chi connectivity index (χ3v) is 5.92. The zero-order chi connectivity index (χ0) is 23.5. The van der Waals surface area contributed by atoms with Gasteiger partial charge in [0.05, 0.1) is 6.61 Å². The van der Waals surface area contributed by atoms with Crippen LogP contribution in [0.25, 0.3) is 21.7 Å². The second kappa shape index (κ2) is 9.41. The lowest BCUT2D eigenvalue weighted by atomic mass is 10.0. The van der Waals surface area contributed by atoms with Crippen LogP contribution in [-0.2, 0) is 17.8 Å². The summed E-state index contributed by atoms with van der Waals surface area (Å²) < 4.78 is 13.6. The van der Waals surface area contributed by atoms with E-state index >= 15 is 0 Å². The Morgan fingerprint density at radius 2 is 1.65 bits per heavy atom. The largest absolute Gasteiger partial charge is 0.461 e. The van der Waals surface area contributed by atoms with Gasteiger partial charge in [-0.2, -0.15) is 0 Å². The molecule has 4 aromatic carbocycles. The highest BCUT2D eigenvalue weighted by Gasteiger charge is 2.18. The van der Waals surface area contributed by atoms with Crippen molar-refractivity contribution in [1.82, 2.24) is 4.57 Å². The average Bonchev–Trinajstić information content (AvgIpc) is 3.22. The monoisotopic (exact) mass is 450 g/mol. The topological polar surface area (TPSA) is 66.5 Å². The summed E-state index contributed by atoms with van der Waals surface area (Å²) in [5, 5.41) is 3.15. The number of fused-ring (bicyclic) bond motifs is 2. The summed E-state index contributed by atoms with van der Waals surface area (Å²) in [5.74, 6) is 1.18. The molecule has 5 aromatic rings. The molecule has 0 atom stereocenters. The highest BCUT2D eigenvalue weighted by molar-refractivity contribution is 5.96. The molecule has 0 aliphatic carbocycles. The van der Waals surface area contributed by atoms with Crippen LogP contribution >= 0.6 is 0 Å². The quantitative estimate of drug-likeness (QED) is 0.297. The van der Waals surface area contributed by atoms with Gasteiger partial charge in [0, 0.05) is 24.0 Å². The zero-order valence-corrected chi connectivity index (χ0v) is 19.0. The van der Waals surface area contributed by atoms with E-state index in [4.69, 9.17) is 15.2 Å². The number of ether oxygens (including phenoxy) is 2. The van der Waals surface area contributed by atoms with Crippen molar-refractivity contribution < 1.29 is 14.3 Å². The van der Waals surface area contributed by atoms with Gasteiger partial charge >= 0.3 is 5.97 Å². The van der Waals surface area contributed by atoms with Crippen molar-refractivity contribution in [3.05, 3.63) is 108 Å². The smallest absolute Gasteiger partial charge is 0.354 e. The van der Waals surface area contributed by atoms with Gasteiger partial charge in [0.2, 0.25) is 0 Å². The predicted molar refractivity (Wildman–Crippen MR) is 135 cm³/mol. The summed E-state index contributed by atoms with van der Waals surface area (Å²) in [6.07, 6.45) is 0. The minimum Gasteiger partial charge on any atom is -0.461 e. The van der Waals surface area contributed by atoms with E-state index in [0.29, 0.717) is 25.4 Å². The Morgan fingerprint density at radius 1 is 0.853 bits per heavy atom. The minimum absolute atomic E-state index is 0.317. The molecular weight excluding hydrogens is 424 g/mol. The number of hydrogen-bond donors (Lipinski definition) is 1. The number of hydrogen-bond acceptors (Lipinski definition) is 4.